The highest BCUT2D eigenvalue weighted by Crippen LogP contribution is 2.04. The molecule has 5 heteroatoms. The van der Waals surface area contributed by atoms with Crippen LogP contribution in [-0.2, 0) is 8.91 Å². The van der Waals surface area contributed by atoms with E-state index in [0.717, 1.165) is 21.0 Å². The van der Waals surface area contributed by atoms with Crippen molar-refractivity contribution in [2.75, 3.05) is 0 Å². The molecule has 0 radical (unpaired) electrons. The maximum atomic E-state index is 10.0. The molecule has 0 aliphatic heterocycles. The summed E-state index contributed by atoms with van der Waals surface area (Å²) in [5, 5.41) is 8.25. The van der Waals surface area contributed by atoms with Gasteiger partial charge in [0.25, 0.3) is 0 Å². The first-order valence-corrected chi connectivity index (χ1v) is 4.92. The van der Waals surface area contributed by atoms with Crippen LogP contribution in [-0.4, -0.2) is 32.0 Å². The highest BCUT2D eigenvalue weighted by atomic mass is 28.3. The summed E-state index contributed by atoms with van der Waals surface area (Å²) >= 11 is 0. The van der Waals surface area contributed by atoms with Crippen molar-refractivity contribution in [3.63, 3.8) is 0 Å². The first kappa shape index (κ1) is 13.2. The van der Waals surface area contributed by atoms with Gasteiger partial charge in [-0.3, -0.25) is 0 Å². The third-order valence-electron chi connectivity index (χ3n) is 0.972. The lowest BCUT2D eigenvalue weighted by atomic mass is 10.1. The minimum Gasteiger partial charge on any atom is -0.478 e. The summed E-state index contributed by atoms with van der Waals surface area (Å²) in [6, 6.07) is 0. The second kappa shape index (κ2) is 7.71. The molecule has 0 aromatic carbocycles. The molecule has 0 aliphatic rings. The zero-order valence-corrected chi connectivity index (χ0v) is 11.5. The first-order chi connectivity index (χ1) is 4.97. The van der Waals surface area contributed by atoms with E-state index in [-0.39, 0.29) is 11.5 Å². The number of hydrogen-bond donors (Lipinski definition) is 1. The van der Waals surface area contributed by atoms with E-state index >= 15 is 0 Å². The second-order valence-electron chi connectivity index (χ2n) is 2.39. The molecule has 0 saturated carbocycles. The minimum absolute atomic E-state index is 0.0486. The Bertz CT molecular complexity index is 134. The summed E-state index contributed by atoms with van der Waals surface area (Å²) in [6.07, 6.45) is 0. The summed E-state index contributed by atoms with van der Waals surface area (Å²) < 4.78 is 4.53. The topological polar surface area (TPSA) is 46.5 Å². The maximum absolute atomic E-state index is 10.0. The van der Waals surface area contributed by atoms with E-state index in [2.05, 4.69) is 10.7 Å². The van der Waals surface area contributed by atoms with Gasteiger partial charge in [-0.05, 0) is 5.92 Å². The van der Waals surface area contributed by atoms with Crippen molar-refractivity contribution in [1.82, 2.24) is 0 Å². The average Bonchev–Trinajstić information content (AvgIpc) is 1.87. The van der Waals surface area contributed by atoms with Crippen LogP contribution in [0, 0.1) is 5.92 Å². The number of carboxylic acids is 1. The normalized spacial score (nSPS) is 9.00. The molecule has 0 aliphatic carbocycles. The molecular formula is C6H16O3Si2. The molecule has 0 heterocycles. The molecule has 1 N–H and O–H groups in total. The molecule has 0 bridgehead atoms. The van der Waals surface area contributed by atoms with Crippen LogP contribution in [0.1, 0.15) is 13.8 Å². The molecule has 0 spiro atoms. The Morgan fingerprint density at radius 3 is 1.82 bits per heavy atom. The van der Waals surface area contributed by atoms with Crippen molar-refractivity contribution < 1.29 is 14.0 Å². The fourth-order valence-electron chi connectivity index (χ4n) is 0.247. The standard InChI is InChI=1S/C6H10O2.H6OSi2/c1-4(2)5(3)6(7)8;2-1-3/h4H,3H2,1-2H3,(H,7,8);2-3H3. The lowest BCUT2D eigenvalue weighted by Crippen LogP contribution is -2.04. The third kappa shape index (κ3) is 9.60. The van der Waals surface area contributed by atoms with E-state index in [4.69, 9.17) is 5.11 Å². The molecule has 0 aromatic rings. The Morgan fingerprint density at radius 1 is 1.55 bits per heavy atom. The number of carboxylic acid groups (broad SMARTS) is 1. The van der Waals surface area contributed by atoms with Crippen LogP contribution in [0.5, 0.6) is 0 Å². The summed E-state index contributed by atoms with van der Waals surface area (Å²) in [7, 11) is 1.86. The number of aliphatic carboxylic acids is 1. The molecular weight excluding hydrogens is 176 g/mol. The highest BCUT2D eigenvalue weighted by Gasteiger charge is 2.06. The van der Waals surface area contributed by atoms with Crippen LogP contribution in [0.4, 0.5) is 0 Å². The predicted molar refractivity (Wildman–Crippen MR) is 52.6 cm³/mol. The molecule has 11 heavy (non-hydrogen) atoms. The fraction of sp³-hybridized carbons (Fsp3) is 0.500. The van der Waals surface area contributed by atoms with Crippen LogP contribution < -0.4 is 0 Å². The summed E-state index contributed by atoms with van der Waals surface area (Å²) in [5.41, 5.74) is 0.269. The molecule has 0 saturated heterocycles. The highest BCUT2D eigenvalue weighted by molar-refractivity contribution is 6.15. The quantitative estimate of drug-likeness (QED) is 0.444. The van der Waals surface area contributed by atoms with Gasteiger partial charge in [0.2, 0.25) is 0 Å². The molecule has 0 amide bonds. The molecule has 0 aromatic heterocycles. The lowest BCUT2D eigenvalue weighted by molar-refractivity contribution is -0.133. The van der Waals surface area contributed by atoms with Gasteiger partial charge in [-0.25, -0.2) is 4.79 Å². The van der Waals surface area contributed by atoms with Gasteiger partial charge < -0.3 is 9.22 Å². The van der Waals surface area contributed by atoms with Gasteiger partial charge in [0.15, 0.2) is 0 Å². The second-order valence-corrected chi connectivity index (χ2v) is 5.66. The fourth-order valence-corrected chi connectivity index (χ4v) is 0.247. The van der Waals surface area contributed by atoms with Crippen LogP contribution in [0.15, 0.2) is 12.2 Å². The Labute approximate surface area is 73.5 Å². The Hall–Kier alpha value is -0.396. The smallest absolute Gasteiger partial charge is 0.331 e. The van der Waals surface area contributed by atoms with Crippen molar-refractivity contribution in [1.29, 1.82) is 0 Å². The van der Waals surface area contributed by atoms with Gasteiger partial charge in [0, 0.05) is 5.57 Å². The van der Waals surface area contributed by atoms with Gasteiger partial charge in [-0.2, -0.15) is 0 Å². The average molecular weight is 192 g/mol. The summed E-state index contributed by atoms with van der Waals surface area (Å²) in [5.74, 6) is -0.854. The van der Waals surface area contributed by atoms with Crippen molar-refractivity contribution in [3.8, 4) is 0 Å². The van der Waals surface area contributed by atoms with E-state index in [1.165, 1.54) is 0 Å². The molecule has 3 nitrogen and oxygen atoms in total. The summed E-state index contributed by atoms with van der Waals surface area (Å²) in [4.78, 5) is 10.0. The van der Waals surface area contributed by atoms with E-state index in [9.17, 15) is 4.79 Å². The van der Waals surface area contributed by atoms with Gasteiger partial charge in [0.1, 0.15) is 21.0 Å². The first-order valence-electron chi connectivity index (χ1n) is 3.29. The maximum Gasteiger partial charge on any atom is 0.331 e. The SMILES string of the molecule is C=C(C(=O)O)C(C)C.[SiH3]O[SiH3]. The minimum atomic E-state index is -0.903. The Kier molecular flexibility index (Phi) is 9.26. The molecule has 66 valence electrons. The number of carbonyl (C=O) groups is 1. The zero-order chi connectivity index (χ0) is 9.44. The number of rotatable bonds is 2. The largest absolute Gasteiger partial charge is 0.478 e. The molecule has 0 unspecified atom stereocenters. The van der Waals surface area contributed by atoms with Crippen LogP contribution >= 0.6 is 0 Å². The van der Waals surface area contributed by atoms with Crippen LogP contribution in [0.2, 0.25) is 0 Å². The van der Waals surface area contributed by atoms with E-state index in [1.54, 1.807) is 13.8 Å². The van der Waals surface area contributed by atoms with Gasteiger partial charge >= 0.3 is 5.97 Å². The van der Waals surface area contributed by atoms with Crippen LogP contribution in [0.3, 0.4) is 0 Å². The Balaban J connectivity index is 0. The summed E-state index contributed by atoms with van der Waals surface area (Å²) in [6.45, 7) is 6.96. The van der Waals surface area contributed by atoms with Gasteiger partial charge in [-0.1, -0.05) is 20.4 Å². The zero-order valence-electron chi connectivity index (χ0n) is 7.55. The Morgan fingerprint density at radius 2 is 1.82 bits per heavy atom. The van der Waals surface area contributed by atoms with Crippen molar-refractivity contribution in [3.05, 3.63) is 12.2 Å². The monoisotopic (exact) mass is 192 g/mol. The third-order valence-corrected chi connectivity index (χ3v) is 0.972. The van der Waals surface area contributed by atoms with Crippen molar-refractivity contribution in [2.45, 2.75) is 13.8 Å². The van der Waals surface area contributed by atoms with E-state index in [1.807, 2.05) is 0 Å². The van der Waals surface area contributed by atoms with Gasteiger partial charge in [-0.15, -0.1) is 0 Å². The molecule has 0 rings (SSSR count). The van der Waals surface area contributed by atoms with E-state index in [0.29, 0.717) is 0 Å². The van der Waals surface area contributed by atoms with Gasteiger partial charge in [0.05, 0.1) is 0 Å². The van der Waals surface area contributed by atoms with Crippen molar-refractivity contribution in [2.24, 2.45) is 5.92 Å². The predicted octanol–water partition coefficient (Wildman–Crippen LogP) is -1.15. The van der Waals surface area contributed by atoms with Crippen LogP contribution in [0.25, 0.3) is 0 Å². The molecule has 0 atom stereocenters. The lowest BCUT2D eigenvalue weighted by Gasteiger charge is -2.00. The van der Waals surface area contributed by atoms with Crippen molar-refractivity contribution >= 4 is 26.9 Å². The number of hydrogen-bond acceptors (Lipinski definition) is 2. The van der Waals surface area contributed by atoms with E-state index < -0.39 is 5.97 Å². The molecule has 0 fully saturated rings.